The molecular weight excluding hydrogens is 422 g/mol. The summed E-state index contributed by atoms with van der Waals surface area (Å²) < 4.78 is 1.07. The molecule has 0 N–H and O–H groups in total. The first-order valence-electron chi connectivity index (χ1n) is 10.6. The zero-order valence-corrected chi connectivity index (χ0v) is 18.8. The van der Waals surface area contributed by atoms with Crippen LogP contribution in [0.25, 0.3) is 49.7 Å². The van der Waals surface area contributed by atoms with E-state index in [0.29, 0.717) is 5.82 Å². The van der Waals surface area contributed by atoms with Gasteiger partial charge in [-0.15, -0.1) is 11.3 Å². The van der Waals surface area contributed by atoms with Gasteiger partial charge in [-0.2, -0.15) is 0 Å². The predicted octanol–water partition coefficient (Wildman–Crippen LogP) is 7.84. The third-order valence-electron chi connectivity index (χ3n) is 5.23. The monoisotopic (exact) mass is 443 g/mol. The predicted molar refractivity (Wildman–Crippen MR) is 140 cm³/mol. The standard InChI is InChI=1S/C29H21N3S/c1-3-4-12-20(2)29-32-27-23(17-11-18-26(27)33-29)28-30-24(21-13-7-5-8-14-21)19-25(31-28)22-15-9-6-10-16-22/h3-19H,1-2H2/b12-4-. The second-order valence-electron chi connectivity index (χ2n) is 7.49. The molecule has 0 aliphatic carbocycles. The van der Waals surface area contributed by atoms with Crippen LogP contribution in [0.15, 0.2) is 116 Å². The van der Waals surface area contributed by atoms with Crippen molar-refractivity contribution in [3.8, 4) is 33.9 Å². The molecule has 0 saturated heterocycles. The van der Waals surface area contributed by atoms with Gasteiger partial charge in [-0.3, -0.25) is 0 Å². The molecular formula is C29H21N3S. The van der Waals surface area contributed by atoms with Gasteiger partial charge in [0.15, 0.2) is 5.82 Å². The molecule has 4 heteroatoms. The van der Waals surface area contributed by atoms with Crippen LogP contribution in [0.4, 0.5) is 0 Å². The van der Waals surface area contributed by atoms with E-state index in [2.05, 4.69) is 43.5 Å². The van der Waals surface area contributed by atoms with Gasteiger partial charge in [0.1, 0.15) is 5.01 Å². The van der Waals surface area contributed by atoms with E-state index in [-0.39, 0.29) is 0 Å². The van der Waals surface area contributed by atoms with E-state index in [4.69, 9.17) is 15.0 Å². The fraction of sp³-hybridized carbons (Fsp3) is 0. The quantitative estimate of drug-likeness (QED) is 0.251. The topological polar surface area (TPSA) is 38.7 Å². The molecule has 33 heavy (non-hydrogen) atoms. The highest BCUT2D eigenvalue weighted by molar-refractivity contribution is 7.19. The summed E-state index contributed by atoms with van der Waals surface area (Å²) in [5.74, 6) is 0.657. The highest BCUT2D eigenvalue weighted by atomic mass is 32.1. The van der Waals surface area contributed by atoms with Crippen molar-refractivity contribution in [2.75, 3.05) is 0 Å². The molecule has 0 atom stereocenters. The largest absolute Gasteiger partial charge is 0.235 e. The van der Waals surface area contributed by atoms with Crippen LogP contribution >= 0.6 is 11.3 Å². The maximum Gasteiger partial charge on any atom is 0.162 e. The summed E-state index contributed by atoms with van der Waals surface area (Å²) in [6.45, 7) is 7.88. The first kappa shape index (κ1) is 20.7. The molecule has 3 nitrogen and oxygen atoms in total. The molecule has 0 saturated carbocycles. The molecule has 0 bridgehead atoms. The van der Waals surface area contributed by atoms with Crippen molar-refractivity contribution in [1.82, 2.24) is 15.0 Å². The van der Waals surface area contributed by atoms with Crippen LogP contribution in [0.1, 0.15) is 5.01 Å². The Hall–Kier alpha value is -4.15. The van der Waals surface area contributed by atoms with Crippen molar-refractivity contribution in [2.45, 2.75) is 0 Å². The maximum absolute atomic E-state index is 4.96. The average Bonchev–Trinajstić information content (AvgIpc) is 3.33. The van der Waals surface area contributed by atoms with E-state index >= 15 is 0 Å². The fourth-order valence-electron chi connectivity index (χ4n) is 3.60. The van der Waals surface area contributed by atoms with Crippen molar-refractivity contribution >= 4 is 27.1 Å². The van der Waals surface area contributed by atoms with Crippen LogP contribution in [0.5, 0.6) is 0 Å². The third kappa shape index (κ3) is 4.29. The summed E-state index contributed by atoms with van der Waals surface area (Å²) in [6.07, 6.45) is 5.52. The Labute approximate surface area is 197 Å². The Kier molecular flexibility index (Phi) is 5.75. The number of allylic oxidation sites excluding steroid dienone is 4. The molecule has 5 aromatic rings. The molecule has 0 fully saturated rings. The van der Waals surface area contributed by atoms with Crippen LogP contribution < -0.4 is 0 Å². The Morgan fingerprint density at radius 3 is 2.00 bits per heavy atom. The number of aromatic nitrogens is 3. The summed E-state index contributed by atoms with van der Waals surface area (Å²) >= 11 is 1.61. The summed E-state index contributed by atoms with van der Waals surface area (Å²) in [5, 5.41) is 0.873. The molecule has 0 unspecified atom stereocenters. The van der Waals surface area contributed by atoms with Gasteiger partial charge in [-0.1, -0.05) is 98.1 Å². The van der Waals surface area contributed by atoms with Crippen molar-refractivity contribution in [3.05, 3.63) is 121 Å². The van der Waals surface area contributed by atoms with Gasteiger partial charge in [0.2, 0.25) is 0 Å². The summed E-state index contributed by atoms with van der Waals surface area (Å²) in [7, 11) is 0. The van der Waals surface area contributed by atoms with Crippen LogP contribution in [0.3, 0.4) is 0 Å². The molecule has 3 aromatic carbocycles. The van der Waals surface area contributed by atoms with E-state index < -0.39 is 0 Å². The van der Waals surface area contributed by atoms with E-state index in [1.807, 2.05) is 66.7 Å². The molecule has 2 heterocycles. The fourth-order valence-corrected chi connectivity index (χ4v) is 4.55. The summed E-state index contributed by atoms with van der Waals surface area (Å²) in [5.41, 5.74) is 6.50. The normalized spacial score (nSPS) is 11.2. The molecule has 0 amide bonds. The number of hydrogen-bond donors (Lipinski definition) is 0. The van der Waals surface area contributed by atoms with Crippen LogP contribution in [-0.2, 0) is 0 Å². The molecule has 5 rings (SSSR count). The van der Waals surface area contributed by atoms with E-state index in [1.54, 1.807) is 17.4 Å². The van der Waals surface area contributed by atoms with Crippen LogP contribution in [0, 0.1) is 0 Å². The van der Waals surface area contributed by atoms with Gasteiger partial charge in [0, 0.05) is 22.3 Å². The van der Waals surface area contributed by atoms with Crippen molar-refractivity contribution in [3.63, 3.8) is 0 Å². The number of thiazole rings is 1. The van der Waals surface area contributed by atoms with Gasteiger partial charge >= 0.3 is 0 Å². The van der Waals surface area contributed by atoms with Crippen molar-refractivity contribution in [2.24, 2.45) is 0 Å². The van der Waals surface area contributed by atoms with Crippen LogP contribution in [0.2, 0.25) is 0 Å². The van der Waals surface area contributed by atoms with E-state index in [0.717, 1.165) is 48.9 Å². The lowest BCUT2D eigenvalue weighted by Crippen LogP contribution is -1.96. The summed E-state index contributed by atoms with van der Waals surface area (Å²) in [4.78, 5) is 14.8. The highest BCUT2D eigenvalue weighted by Crippen LogP contribution is 2.34. The van der Waals surface area contributed by atoms with Crippen molar-refractivity contribution in [1.29, 1.82) is 0 Å². The molecule has 0 aliphatic heterocycles. The number of rotatable bonds is 6. The first-order chi connectivity index (χ1) is 16.2. The first-order valence-corrected chi connectivity index (χ1v) is 11.4. The molecule has 0 radical (unpaired) electrons. The minimum Gasteiger partial charge on any atom is -0.235 e. The second kappa shape index (κ2) is 9.15. The molecule has 2 aromatic heterocycles. The lowest BCUT2D eigenvalue weighted by atomic mass is 10.1. The maximum atomic E-state index is 4.96. The van der Waals surface area contributed by atoms with E-state index in [1.165, 1.54) is 0 Å². The van der Waals surface area contributed by atoms with Gasteiger partial charge in [0.25, 0.3) is 0 Å². The van der Waals surface area contributed by atoms with Gasteiger partial charge in [0.05, 0.1) is 21.6 Å². The highest BCUT2D eigenvalue weighted by Gasteiger charge is 2.15. The lowest BCUT2D eigenvalue weighted by Gasteiger charge is -2.09. The zero-order chi connectivity index (χ0) is 22.6. The molecule has 0 aliphatic rings. The smallest absolute Gasteiger partial charge is 0.162 e. The Morgan fingerprint density at radius 1 is 0.758 bits per heavy atom. The lowest BCUT2D eigenvalue weighted by molar-refractivity contribution is 1.18. The Bertz CT molecular complexity index is 1420. The SMILES string of the molecule is C=C/C=C\C(=C)c1nc2c(-c3nc(-c4ccccc4)cc(-c4ccccc4)n3)cccc2s1. The Morgan fingerprint density at radius 2 is 1.39 bits per heavy atom. The minimum atomic E-state index is 0.657. The van der Waals surface area contributed by atoms with Gasteiger partial charge < -0.3 is 0 Å². The van der Waals surface area contributed by atoms with Gasteiger partial charge in [-0.25, -0.2) is 15.0 Å². The number of fused-ring (bicyclic) bond motifs is 1. The Balaban J connectivity index is 1.70. The zero-order valence-electron chi connectivity index (χ0n) is 18.0. The number of para-hydroxylation sites is 1. The van der Waals surface area contributed by atoms with Crippen molar-refractivity contribution < 1.29 is 0 Å². The number of hydrogen-bond acceptors (Lipinski definition) is 4. The second-order valence-corrected chi connectivity index (χ2v) is 8.52. The number of benzene rings is 3. The minimum absolute atomic E-state index is 0.657. The van der Waals surface area contributed by atoms with E-state index in [9.17, 15) is 0 Å². The van der Waals surface area contributed by atoms with Crippen LogP contribution in [-0.4, -0.2) is 15.0 Å². The average molecular weight is 444 g/mol. The number of nitrogens with zero attached hydrogens (tertiary/aromatic N) is 3. The summed E-state index contributed by atoms with van der Waals surface area (Å²) in [6, 6.07) is 28.6. The van der Waals surface area contributed by atoms with Gasteiger partial charge in [-0.05, 0) is 18.2 Å². The third-order valence-corrected chi connectivity index (χ3v) is 6.33. The molecule has 158 valence electrons. The molecule has 0 spiro atoms.